The maximum Gasteiger partial charge on any atom is 0.101 e. The molecule has 0 aliphatic carbocycles. The standard InChI is InChI=1S/C20H24N2O/c1-2-3-6-14-23-20(15-22-13-12-21-16-22)19-11-7-9-17-8-4-5-10-18(17)19/h4-5,7-13,16,20H,2-3,6,14-15H2,1H3. The predicted octanol–water partition coefficient (Wildman–Crippen LogP) is 4.98. The van der Waals surface area contributed by atoms with Crippen molar-refractivity contribution < 1.29 is 4.74 Å². The van der Waals surface area contributed by atoms with Crippen LogP contribution in [0.1, 0.15) is 37.9 Å². The molecule has 1 heterocycles. The van der Waals surface area contributed by atoms with E-state index in [1.54, 1.807) is 0 Å². The van der Waals surface area contributed by atoms with Gasteiger partial charge in [-0.15, -0.1) is 0 Å². The second-order valence-electron chi connectivity index (χ2n) is 5.89. The number of rotatable bonds is 8. The van der Waals surface area contributed by atoms with Crippen LogP contribution in [0.3, 0.4) is 0 Å². The molecule has 1 aromatic heterocycles. The summed E-state index contributed by atoms with van der Waals surface area (Å²) in [6.07, 6.45) is 9.25. The highest BCUT2D eigenvalue weighted by Gasteiger charge is 2.15. The minimum Gasteiger partial charge on any atom is -0.372 e. The van der Waals surface area contributed by atoms with E-state index in [4.69, 9.17) is 4.74 Å². The molecule has 23 heavy (non-hydrogen) atoms. The molecule has 0 amide bonds. The highest BCUT2D eigenvalue weighted by molar-refractivity contribution is 5.85. The van der Waals surface area contributed by atoms with Crippen LogP contribution in [0, 0.1) is 0 Å². The normalized spacial score (nSPS) is 12.6. The Morgan fingerprint density at radius 3 is 2.78 bits per heavy atom. The van der Waals surface area contributed by atoms with Gasteiger partial charge in [-0.2, -0.15) is 0 Å². The van der Waals surface area contributed by atoms with Crippen molar-refractivity contribution in [3.8, 4) is 0 Å². The van der Waals surface area contributed by atoms with Crippen molar-refractivity contribution >= 4 is 10.8 Å². The van der Waals surface area contributed by atoms with Crippen LogP contribution in [0.25, 0.3) is 10.8 Å². The highest BCUT2D eigenvalue weighted by atomic mass is 16.5. The SMILES string of the molecule is CCCCCOC(Cn1ccnc1)c1cccc2ccccc12. The van der Waals surface area contributed by atoms with Crippen molar-refractivity contribution in [1.82, 2.24) is 9.55 Å². The van der Waals surface area contributed by atoms with Gasteiger partial charge in [-0.1, -0.05) is 62.2 Å². The first-order valence-corrected chi connectivity index (χ1v) is 8.43. The zero-order valence-electron chi connectivity index (χ0n) is 13.7. The second kappa shape index (κ2) is 7.93. The average molecular weight is 308 g/mol. The van der Waals surface area contributed by atoms with Crippen molar-refractivity contribution in [1.29, 1.82) is 0 Å². The molecule has 3 rings (SSSR count). The van der Waals surface area contributed by atoms with Gasteiger partial charge in [-0.3, -0.25) is 0 Å². The lowest BCUT2D eigenvalue weighted by atomic mass is 10.00. The monoisotopic (exact) mass is 308 g/mol. The Kier molecular flexibility index (Phi) is 5.43. The van der Waals surface area contributed by atoms with E-state index in [-0.39, 0.29) is 6.10 Å². The molecule has 0 fully saturated rings. The van der Waals surface area contributed by atoms with E-state index < -0.39 is 0 Å². The second-order valence-corrected chi connectivity index (χ2v) is 5.89. The van der Waals surface area contributed by atoms with Crippen LogP contribution in [0.4, 0.5) is 0 Å². The van der Waals surface area contributed by atoms with Crippen molar-refractivity contribution in [3.05, 3.63) is 66.7 Å². The molecule has 0 N–H and O–H groups in total. The summed E-state index contributed by atoms with van der Waals surface area (Å²) in [5, 5.41) is 2.54. The van der Waals surface area contributed by atoms with E-state index in [2.05, 4.69) is 58.9 Å². The third kappa shape index (κ3) is 3.99. The predicted molar refractivity (Wildman–Crippen MR) is 94.4 cm³/mol. The molecule has 0 aliphatic rings. The first-order valence-electron chi connectivity index (χ1n) is 8.43. The fraction of sp³-hybridized carbons (Fsp3) is 0.350. The Morgan fingerprint density at radius 1 is 1.09 bits per heavy atom. The summed E-state index contributed by atoms with van der Waals surface area (Å²) in [6.45, 7) is 3.81. The molecule has 0 spiro atoms. The van der Waals surface area contributed by atoms with Gasteiger partial charge in [-0.05, 0) is 22.8 Å². The van der Waals surface area contributed by atoms with Gasteiger partial charge in [0.05, 0.1) is 12.9 Å². The number of imidazole rings is 1. The number of unbranched alkanes of at least 4 members (excludes halogenated alkanes) is 2. The summed E-state index contributed by atoms with van der Waals surface area (Å²) < 4.78 is 8.35. The Bertz CT molecular complexity index is 716. The van der Waals surface area contributed by atoms with E-state index in [1.165, 1.54) is 29.2 Å². The van der Waals surface area contributed by atoms with Gasteiger partial charge in [0, 0.05) is 19.0 Å². The minimum absolute atomic E-state index is 0.0483. The first-order chi connectivity index (χ1) is 11.4. The summed E-state index contributed by atoms with van der Waals surface area (Å²) in [4.78, 5) is 4.15. The number of fused-ring (bicyclic) bond motifs is 1. The van der Waals surface area contributed by atoms with Gasteiger partial charge in [0.1, 0.15) is 6.10 Å². The van der Waals surface area contributed by atoms with Crippen LogP contribution in [-0.2, 0) is 11.3 Å². The smallest absolute Gasteiger partial charge is 0.101 e. The number of benzene rings is 2. The van der Waals surface area contributed by atoms with Crippen LogP contribution in [0.15, 0.2) is 61.2 Å². The molecule has 0 bridgehead atoms. The number of ether oxygens (including phenoxy) is 1. The lowest BCUT2D eigenvalue weighted by Gasteiger charge is -2.21. The van der Waals surface area contributed by atoms with E-state index in [0.29, 0.717) is 0 Å². The van der Waals surface area contributed by atoms with Crippen LogP contribution >= 0.6 is 0 Å². The minimum atomic E-state index is 0.0483. The van der Waals surface area contributed by atoms with E-state index in [0.717, 1.165) is 19.6 Å². The lowest BCUT2D eigenvalue weighted by molar-refractivity contribution is 0.0391. The average Bonchev–Trinajstić information content (AvgIpc) is 3.10. The fourth-order valence-corrected chi connectivity index (χ4v) is 2.94. The lowest BCUT2D eigenvalue weighted by Crippen LogP contribution is -2.13. The number of aromatic nitrogens is 2. The quantitative estimate of drug-likeness (QED) is 0.548. The van der Waals surface area contributed by atoms with Gasteiger partial charge in [0.2, 0.25) is 0 Å². The van der Waals surface area contributed by atoms with Crippen LogP contribution in [0.2, 0.25) is 0 Å². The molecule has 120 valence electrons. The largest absolute Gasteiger partial charge is 0.372 e. The molecule has 1 unspecified atom stereocenters. The van der Waals surface area contributed by atoms with Gasteiger partial charge in [0.25, 0.3) is 0 Å². The molecule has 3 nitrogen and oxygen atoms in total. The molecule has 3 aromatic rings. The van der Waals surface area contributed by atoms with E-state index in [9.17, 15) is 0 Å². The number of nitrogens with zero attached hydrogens (tertiary/aromatic N) is 2. The Hall–Kier alpha value is -2.13. The molecule has 3 heteroatoms. The molecule has 1 atom stereocenters. The van der Waals surface area contributed by atoms with Crippen molar-refractivity contribution in [3.63, 3.8) is 0 Å². The van der Waals surface area contributed by atoms with E-state index in [1.807, 2.05) is 18.7 Å². The number of hydrogen-bond donors (Lipinski definition) is 0. The van der Waals surface area contributed by atoms with Crippen molar-refractivity contribution in [2.24, 2.45) is 0 Å². The summed E-state index contributed by atoms with van der Waals surface area (Å²) in [5.41, 5.74) is 1.26. The summed E-state index contributed by atoms with van der Waals surface area (Å²) in [7, 11) is 0. The molecule has 0 saturated heterocycles. The molecule has 0 aliphatic heterocycles. The summed E-state index contributed by atoms with van der Waals surface area (Å²) >= 11 is 0. The Labute approximate surface area is 137 Å². The van der Waals surface area contributed by atoms with Crippen LogP contribution < -0.4 is 0 Å². The van der Waals surface area contributed by atoms with Gasteiger partial charge in [0.15, 0.2) is 0 Å². The van der Waals surface area contributed by atoms with Crippen molar-refractivity contribution in [2.75, 3.05) is 6.61 Å². The van der Waals surface area contributed by atoms with E-state index >= 15 is 0 Å². The van der Waals surface area contributed by atoms with Gasteiger partial charge < -0.3 is 9.30 Å². The molecule has 0 saturated carbocycles. The van der Waals surface area contributed by atoms with Crippen LogP contribution in [-0.4, -0.2) is 16.2 Å². The van der Waals surface area contributed by atoms with Gasteiger partial charge >= 0.3 is 0 Å². The third-order valence-electron chi connectivity index (χ3n) is 4.17. The zero-order valence-corrected chi connectivity index (χ0v) is 13.7. The van der Waals surface area contributed by atoms with Crippen molar-refractivity contribution in [2.45, 2.75) is 38.8 Å². The highest BCUT2D eigenvalue weighted by Crippen LogP contribution is 2.28. The summed E-state index contributed by atoms with van der Waals surface area (Å²) in [6, 6.07) is 15.0. The molecular weight excluding hydrogens is 284 g/mol. The van der Waals surface area contributed by atoms with Gasteiger partial charge in [-0.25, -0.2) is 4.98 Å². The molecule has 0 radical (unpaired) electrons. The fourth-order valence-electron chi connectivity index (χ4n) is 2.94. The maximum atomic E-state index is 6.26. The molecular formula is C20H24N2O. The maximum absolute atomic E-state index is 6.26. The Balaban J connectivity index is 1.86. The summed E-state index contributed by atoms with van der Waals surface area (Å²) in [5.74, 6) is 0. The first kappa shape index (κ1) is 15.8. The third-order valence-corrected chi connectivity index (χ3v) is 4.17. The molecule has 2 aromatic carbocycles. The topological polar surface area (TPSA) is 27.1 Å². The number of hydrogen-bond acceptors (Lipinski definition) is 2. The van der Waals surface area contributed by atoms with Crippen LogP contribution in [0.5, 0.6) is 0 Å². The Morgan fingerprint density at radius 2 is 1.96 bits per heavy atom. The zero-order chi connectivity index (χ0) is 15.9.